The van der Waals surface area contributed by atoms with Crippen LogP contribution < -0.4 is 14.2 Å². The van der Waals surface area contributed by atoms with E-state index < -0.39 is 0 Å². The molecule has 152 valence electrons. The molecule has 2 atom stereocenters. The first-order chi connectivity index (χ1) is 14.8. The second-order valence-electron chi connectivity index (χ2n) is 7.39. The molecule has 3 aromatic rings. The lowest BCUT2D eigenvalue weighted by molar-refractivity contribution is -0.0190. The molecule has 5 rings (SSSR count). The zero-order chi connectivity index (χ0) is 20.5. The molecule has 0 bridgehead atoms. The summed E-state index contributed by atoms with van der Waals surface area (Å²) in [7, 11) is 1.67. The van der Waals surface area contributed by atoms with Crippen molar-refractivity contribution in [1.29, 1.82) is 0 Å². The molecule has 2 aliphatic heterocycles. The van der Waals surface area contributed by atoms with Gasteiger partial charge in [-0.3, -0.25) is 0 Å². The van der Waals surface area contributed by atoms with Gasteiger partial charge in [0.05, 0.1) is 25.5 Å². The molecule has 30 heavy (non-hydrogen) atoms. The number of para-hydroxylation sites is 1. The van der Waals surface area contributed by atoms with Crippen molar-refractivity contribution in [2.45, 2.75) is 25.6 Å². The zero-order valence-corrected chi connectivity index (χ0v) is 17.1. The Kier molecular flexibility index (Phi) is 4.79. The van der Waals surface area contributed by atoms with Crippen molar-refractivity contribution in [3.8, 4) is 17.2 Å². The second kappa shape index (κ2) is 7.75. The molecule has 2 unspecified atom stereocenters. The van der Waals surface area contributed by atoms with E-state index in [-0.39, 0.29) is 12.3 Å². The molecular formula is C25H24N2O3. The van der Waals surface area contributed by atoms with Crippen molar-refractivity contribution in [3.63, 3.8) is 0 Å². The van der Waals surface area contributed by atoms with Crippen LogP contribution in [0.5, 0.6) is 17.2 Å². The minimum atomic E-state index is -0.281. The van der Waals surface area contributed by atoms with Gasteiger partial charge in [-0.15, -0.1) is 0 Å². The first-order valence-corrected chi connectivity index (χ1v) is 10.3. The normalized spacial score (nSPS) is 19.4. The van der Waals surface area contributed by atoms with Gasteiger partial charge in [0.25, 0.3) is 0 Å². The van der Waals surface area contributed by atoms with E-state index in [0.29, 0.717) is 6.61 Å². The smallest absolute Gasteiger partial charge is 0.213 e. The summed E-state index contributed by atoms with van der Waals surface area (Å²) in [6.45, 7) is 2.65. The van der Waals surface area contributed by atoms with Crippen LogP contribution in [0.15, 0.2) is 77.9 Å². The largest absolute Gasteiger partial charge is 0.497 e. The Balaban J connectivity index is 1.51. The SMILES string of the molecule is CCOc1ccc(C2=NN3C(C2)c2ccccc2OC3c2ccc(OC)cc2)cc1. The van der Waals surface area contributed by atoms with Gasteiger partial charge < -0.3 is 14.2 Å². The molecule has 0 aliphatic carbocycles. The molecule has 0 amide bonds. The third-order valence-electron chi connectivity index (χ3n) is 5.60. The fourth-order valence-electron chi connectivity index (χ4n) is 4.11. The van der Waals surface area contributed by atoms with Crippen LogP contribution in [0.2, 0.25) is 0 Å². The molecule has 0 saturated carbocycles. The van der Waals surface area contributed by atoms with Crippen LogP contribution in [-0.2, 0) is 0 Å². The lowest BCUT2D eigenvalue weighted by atomic mass is 9.96. The van der Waals surface area contributed by atoms with Crippen LogP contribution >= 0.6 is 0 Å². The maximum absolute atomic E-state index is 6.40. The highest BCUT2D eigenvalue weighted by Crippen LogP contribution is 2.47. The Hall–Kier alpha value is -3.47. The molecule has 0 spiro atoms. The summed E-state index contributed by atoms with van der Waals surface area (Å²) in [5.41, 5.74) is 4.39. The van der Waals surface area contributed by atoms with Crippen LogP contribution in [-0.4, -0.2) is 24.4 Å². The van der Waals surface area contributed by atoms with Crippen molar-refractivity contribution < 1.29 is 14.2 Å². The Morgan fingerprint density at radius 3 is 2.43 bits per heavy atom. The minimum absolute atomic E-state index is 0.142. The number of methoxy groups -OCH3 is 1. The summed E-state index contributed by atoms with van der Waals surface area (Å²) in [5.74, 6) is 2.62. The van der Waals surface area contributed by atoms with E-state index >= 15 is 0 Å². The topological polar surface area (TPSA) is 43.3 Å². The molecule has 0 aromatic heterocycles. The number of rotatable bonds is 5. The lowest BCUT2D eigenvalue weighted by Crippen LogP contribution is -2.33. The van der Waals surface area contributed by atoms with E-state index in [1.54, 1.807) is 7.11 Å². The van der Waals surface area contributed by atoms with E-state index in [4.69, 9.17) is 19.3 Å². The van der Waals surface area contributed by atoms with Crippen molar-refractivity contribution in [2.75, 3.05) is 13.7 Å². The Morgan fingerprint density at radius 2 is 1.70 bits per heavy atom. The highest BCUT2D eigenvalue weighted by atomic mass is 16.5. The van der Waals surface area contributed by atoms with E-state index in [2.05, 4.69) is 29.3 Å². The van der Waals surface area contributed by atoms with E-state index in [0.717, 1.165) is 40.5 Å². The number of hydrogen-bond donors (Lipinski definition) is 0. The molecule has 2 aliphatic rings. The van der Waals surface area contributed by atoms with Crippen LogP contribution in [0.3, 0.4) is 0 Å². The van der Waals surface area contributed by atoms with Crippen LogP contribution in [0.25, 0.3) is 0 Å². The number of ether oxygens (including phenoxy) is 3. The van der Waals surface area contributed by atoms with Gasteiger partial charge in [0, 0.05) is 17.5 Å². The Labute approximate surface area is 176 Å². The molecule has 0 radical (unpaired) electrons. The number of hydrogen-bond acceptors (Lipinski definition) is 5. The monoisotopic (exact) mass is 400 g/mol. The highest BCUT2D eigenvalue weighted by molar-refractivity contribution is 6.02. The number of nitrogens with zero attached hydrogens (tertiary/aromatic N) is 2. The van der Waals surface area contributed by atoms with Gasteiger partial charge in [-0.05, 0) is 67.1 Å². The predicted molar refractivity (Wildman–Crippen MR) is 116 cm³/mol. The van der Waals surface area contributed by atoms with E-state index in [1.807, 2.05) is 55.5 Å². The molecule has 0 N–H and O–H groups in total. The van der Waals surface area contributed by atoms with Gasteiger partial charge in [-0.2, -0.15) is 5.10 Å². The summed E-state index contributed by atoms with van der Waals surface area (Å²) in [5, 5.41) is 7.10. The minimum Gasteiger partial charge on any atom is -0.497 e. The molecular weight excluding hydrogens is 376 g/mol. The fourth-order valence-corrected chi connectivity index (χ4v) is 4.11. The maximum atomic E-state index is 6.40. The van der Waals surface area contributed by atoms with Gasteiger partial charge in [0.15, 0.2) is 0 Å². The van der Waals surface area contributed by atoms with Crippen LogP contribution in [0.4, 0.5) is 0 Å². The van der Waals surface area contributed by atoms with Crippen molar-refractivity contribution in [1.82, 2.24) is 5.01 Å². The Bertz CT molecular complexity index is 1060. The highest BCUT2D eigenvalue weighted by Gasteiger charge is 2.40. The first-order valence-electron chi connectivity index (χ1n) is 10.3. The van der Waals surface area contributed by atoms with Crippen molar-refractivity contribution in [3.05, 3.63) is 89.5 Å². The average Bonchev–Trinajstić information content (AvgIpc) is 3.25. The van der Waals surface area contributed by atoms with Crippen molar-refractivity contribution >= 4 is 5.71 Å². The summed E-state index contributed by atoms with van der Waals surface area (Å²) in [6.07, 6.45) is 0.553. The molecule has 5 heteroatoms. The summed E-state index contributed by atoms with van der Waals surface area (Å²) in [4.78, 5) is 0. The second-order valence-corrected chi connectivity index (χ2v) is 7.39. The molecule has 5 nitrogen and oxygen atoms in total. The first kappa shape index (κ1) is 18.6. The standard InChI is InChI=1S/C25H24N2O3/c1-3-29-20-14-8-17(9-15-20)22-16-23-21-6-4-5-7-24(21)30-25(27(23)26-22)18-10-12-19(28-2)13-11-18/h4-15,23,25H,3,16H2,1-2H3. The van der Waals surface area contributed by atoms with Gasteiger partial charge >= 0.3 is 0 Å². The summed E-state index contributed by atoms with van der Waals surface area (Å²) < 4.78 is 17.3. The molecule has 0 saturated heterocycles. The predicted octanol–water partition coefficient (Wildman–Crippen LogP) is 5.34. The quantitative estimate of drug-likeness (QED) is 0.580. The Morgan fingerprint density at radius 1 is 0.967 bits per heavy atom. The third-order valence-corrected chi connectivity index (χ3v) is 5.60. The van der Waals surface area contributed by atoms with Gasteiger partial charge in [-0.25, -0.2) is 5.01 Å². The molecule has 0 fully saturated rings. The van der Waals surface area contributed by atoms with Gasteiger partial charge in [0.1, 0.15) is 17.2 Å². The van der Waals surface area contributed by atoms with Crippen LogP contribution in [0, 0.1) is 0 Å². The van der Waals surface area contributed by atoms with E-state index in [1.165, 1.54) is 5.56 Å². The zero-order valence-electron chi connectivity index (χ0n) is 17.1. The van der Waals surface area contributed by atoms with Gasteiger partial charge in [-0.1, -0.05) is 18.2 Å². The summed E-state index contributed by atoms with van der Waals surface area (Å²) in [6, 6.07) is 24.6. The van der Waals surface area contributed by atoms with E-state index in [9.17, 15) is 0 Å². The molecule has 2 heterocycles. The molecule has 3 aromatic carbocycles. The van der Waals surface area contributed by atoms with Crippen molar-refractivity contribution in [2.24, 2.45) is 5.10 Å². The average molecular weight is 400 g/mol. The number of benzene rings is 3. The summed E-state index contributed by atoms with van der Waals surface area (Å²) >= 11 is 0. The number of fused-ring (bicyclic) bond motifs is 3. The third kappa shape index (κ3) is 3.26. The maximum Gasteiger partial charge on any atom is 0.213 e. The fraction of sp³-hybridized carbons (Fsp3) is 0.240. The number of hydrazone groups is 1. The van der Waals surface area contributed by atoms with Gasteiger partial charge in [0.2, 0.25) is 6.23 Å². The van der Waals surface area contributed by atoms with Crippen LogP contribution in [0.1, 0.15) is 42.3 Å². The lowest BCUT2D eigenvalue weighted by Gasteiger charge is -2.38.